The highest BCUT2D eigenvalue weighted by atomic mass is 79.9. The Hall–Kier alpha value is -1.11. The predicted molar refractivity (Wildman–Crippen MR) is 53.2 cm³/mol. The second kappa shape index (κ2) is 4.61. The Bertz CT molecular complexity index is 398. The van der Waals surface area contributed by atoms with Crippen molar-refractivity contribution in [2.45, 2.75) is 18.7 Å². The third-order valence-electron chi connectivity index (χ3n) is 1.91. The van der Waals surface area contributed by atoms with Crippen LogP contribution >= 0.6 is 15.9 Å². The van der Waals surface area contributed by atoms with Crippen LogP contribution in [0.15, 0.2) is 6.20 Å². The van der Waals surface area contributed by atoms with Crippen LogP contribution in [-0.4, -0.2) is 9.91 Å². The van der Waals surface area contributed by atoms with E-state index in [1.54, 1.807) is 0 Å². The van der Waals surface area contributed by atoms with Crippen molar-refractivity contribution in [3.05, 3.63) is 33.1 Å². The summed E-state index contributed by atoms with van der Waals surface area (Å²) in [7, 11) is 0. The van der Waals surface area contributed by atoms with E-state index in [-0.39, 0.29) is 16.6 Å². The molecule has 1 aromatic rings. The zero-order valence-electron chi connectivity index (χ0n) is 7.71. The molecule has 0 unspecified atom stereocenters. The summed E-state index contributed by atoms with van der Waals surface area (Å²) in [6.07, 6.45) is -1.66. The van der Waals surface area contributed by atoms with Gasteiger partial charge in [-0.15, -0.1) is 0 Å². The Morgan fingerprint density at radius 2 is 2.27 bits per heavy atom. The number of pyridine rings is 1. The second-order valence-electron chi connectivity index (χ2n) is 2.82. The predicted octanol–water partition coefficient (Wildman–Crippen LogP) is 3.13. The molecule has 0 aliphatic carbocycles. The lowest BCUT2D eigenvalue weighted by Crippen LogP contribution is -2.04. The van der Waals surface area contributed by atoms with Crippen LogP contribution in [-0.2, 0) is 5.33 Å². The molecule has 0 saturated carbocycles. The van der Waals surface area contributed by atoms with Crippen molar-refractivity contribution in [1.29, 1.82) is 0 Å². The third-order valence-corrected chi connectivity index (χ3v) is 2.51. The summed E-state index contributed by atoms with van der Waals surface area (Å²) in [5.41, 5.74) is -1.01. The first-order valence-corrected chi connectivity index (χ1v) is 5.08. The lowest BCUT2D eigenvalue weighted by atomic mass is 10.1. The standard InChI is InChI=1S/C8H7BrF2N2O2/c1-4-6(8(10)11)7(13(14)15)5(2-9)3-12-4/h3,8H,2H2,1H3. The normalized spacial score (nSPS) is 10.7. The Balaban J connectivity index is 3.51. The van der Waals surface area contributed by atoms with Crippen LogP contribution in [0.5, 0.6) is 0 Å². The van der Waals surface area contributed by atoms with Crippen molar-refractivity contribution in [3.63, 3.8) is 0 Å². The number of halogens is 3. The van der Waals surface area contributed by atoms with E-state index in [2.05, 4.69) is 20.9 Å². The average Bonchev–Trinajstić information content (AvgIpc) is 2.16. The Labute approximate surface area is 92.6 Å². The molecule has 0 saturated heterocycles. The highest BCUT2D eigenvalue weighted by molar-refractivity contribution is 9.08. The lowest BCUT2D eigenvalue weighted by molar-refractivity contribution is -0.387. The van der Waals surface area contributed by atoms with Crippen molar-refractivity contribution in [1.82, 2.24) is 4.98 Å². The minimum Gasteiger partial charge on any atom is -0.260 e. The number of rotatable bonds is 3. The van der Waals surface area contributed by atoms with E-state index in [1.165, 1.54) is 13.1 Å². The molecule has 1 heterocycles. The summed E-state index contributed by atoms with van der Waals surface area (Å²) in [5, 5.41) is 10.8. The van der Waals surface area contributed by atoms with E-state index in [9.17, 15) is 18.9 Å². The van der Waals surface area contributed by atoms with Gasteiger partial charge in [0.2, 0.25) is 0 Å². The third kappa shape index (κ3) is 2.28. The zero-order chi connectivity index (χ0) is 11.6. The summed E-state index contributed by atoms with van der Waals surface area (Å²) in [6, 6.07) is 0. The zero-order valence-corrected chi connectivity index (χ0v) is 9.29. The molecule has 0 aromatic carbocycles. The molecule has 1 rings (SSSR count). The quantitative estimate of drug-likeness (QED) is 0.486. The van der Waals surface area contributed by atoms with Crippen LogP contribution in [0.4, 0.5) is 14.5 Å². The van der Waals surface area contributed by atoms with Gasteiger partial charge in [0.1, 0.15) is 5.56 Å². The monoisotopic (exact) mass is 280 g/mol. The highest BCUT2D eigenvalue weighted by Crippen LogP contribution is 2.34. The van der Waals surface area contributed by atoms with Crippen molar-refractivity contribution >= 4 is 21.6 Å². The number of aryl methyl sites for hydroxylation is 1. The van der Waals surface area contributed by atoms with E-state index in [4.69, 9.17) is 0 Å². The first-order chi connectivity index (χ1) is 6.99. The van der Waals surface area contributed by atoms with Crippen LogP contribution in [0.2, 0.25) is 0 Å². The number of hydrogen-bond acceptors (Lipinski definition) is 3. The smallest absolute Gasteiger partial charge is 0.260 e. The maximum absolute atomic E-state index is 12.6. The number of alkyl halides is 3. The molecular formula is C8H7BrF2N2O2. The molecule has 0 spiro atoms. The maximum atomic E-state index is 12.6. The molecular weight excluding hydrogens is 274 g/mol. The molecule has 0 aliphatic heterocycles. The van der Waals surface area contributed by atoms with Gasteiger partial charge < -0.3 is 0 Å². The van der Waals surface area contributed by atoms with E-state index >= 15 is 0 Å². The fraction of sp³-hybridized carbons (Fsp3) is 0.375. The fourth-order valence-corrected chi connectivity index (χ4v) is 1.63. The van der Waals surface area contributed by atoms with Gasteiger partial charge in [0.05, 0.1) is 16.2 Å². The maximum Gasteiger partial charge on any atom is 0.285 e. The van der Waals surface area contributed by atoms with Crippen LogP contribution in [0.3, 0.4) is 0 Å². The molecule has 82 valence electrons. The van der Waals surface area contributed by atoms with Crippen LogP contribution in [0, 0.1) is 17.0 Å². The van der Waals surface area contributed by atoms with Gasteiger partial charge in [0, 0.05) is 11.5 Å². The number of aromatic nitrogens is 1. The topological polar surface area (TPSA) is 56.0 Å². The Morgan fingerprint density at radius 1 is 1.67 bits per heavy atom. The fourth-order valence-electron chi connectivity index (χ4n) is 1.22. The van der Waals surface area contributed by atoms with Crippen molar-refractivity contribution in [2.24, 2.45) is 0 Å². The van der Waals surface area contributed by atoms with Gasteiger partial charge in [-0.3, -0.25) is 15.1 Å². The van der Waals surface area contributed by atoms with Gasteiger partial charge in [0.15, 0.2) is 0 Å². The van der Waals surface area contributed by atoms with Gasteiger partial charge in [0.25, 0.3) is 12.1 Å². The van der Waals surface area contributed by atoms with Gasteiger partial charge in [-0.05, 0) is 6.92 Å². The van der Waals surface area contributed by atoms with E-state index in [0.29, 0.717) is 0 Å². The first kappa shape index (κ1) is 12.0. The van der Waals surface area contributed by atoms with Gasteiger partial charge in [-0.1, -0.05) is 15.9 Å². The molecule has 0 N–H and O–H groups in total. The summed E-state index contributed by atoms with van der Waals surface area (Å²) < 4.78 is 25.2. The molecule has 0 fully saturated rings. The summed E-state index contributed by atoms with van der Waals surface area (Å²) in [5.74, 6) is 0. The minimum absolute atomic E-state index is 0.0126. The molecule has 15 heavy (non-hydrogen) atoms. The number of hydrogen-bond donors (Lipinski definition) is 0. The molecule has 1 aromatic heterocycles. The summed E-state index contributed by atoms with van der Waals surface area (Å²) >= 11 is 3.00. The van der Waals surface area contributed by atoms with Crippen molar-refractivity contribution in [2.75, 3.05) is 0 Å². The van der Waals surface area contributed by atoms with E-state index < -0.39 is 22.6 Å². The largest absolute Gasteiger partial charge is 0.285 e. The Morgan fingerprint density at radius 3 is 2.67 bits per heavy atom. The molecule has 0 radical (unpaired) electrons. The first-order valence-electron chi connectivity index (χ1n) is 3.96. The van der Waals surface area contributed by atoms with Gasteiger partial charge in [-0.25, -0.2) is 8.78 Å². The summed E-state index contributed by atoms with van der Waals surface area (Å²) in [4.78, 5) is 13.6. The SMILES string of the molecule is Cc1ncc(CBr)c([N+](=O)[O-])c1C(F)F. The molecule has 4 nitrogen and oxygen atoms in total. The van der Waals surface area contributed by atoms with E-state index in [0.717, 1.165) is 0 Å². The molecule has 0 amide bonds. The number of nitrogens with zero attached hydrogens (tertiary/aromatic N) is 2. The van der Waals surface area contributed by atoms with Gasteiger partial charge in [-0.2, -0.15) is 0 Å². The van der Waals surface area contributed by atoms with Crippen LogP contribution in [0.25, 0.3) is 0 Å². The average molecular weight is 281 g/mol. The number of nitro groups is 1. The Kier molecular flexibility index (Phi) is 3.67. The summed E-state index contributed by atoms with van der Waals surface area (Å²) in [6.45, 7) is 1.33. The van der Waals surface area contributed by atoms with Crippen LogP contribution in [0.1, 0.15) is 23.2 Å². The van der Waals surface area contributed by atoms with E-state index in [1.807, 2.05) is 0 Å². The highest BCUT2D eigenvalue weighted by Gasteiger charge is 2.28. The molecule has 0 atom stereocenters. The van der Waals surface area contributed by atoms with Crippen molar-refractivity contribution < 1.29 is 13.7 Å². The molecule has 0 aliphatic rings. The second-order valence-corrected chi connectivity index (χ2v) is 3.38. The molecule has 7 heteroatoms. The van der Waals surface area contributed by atoms with Gasteiger partial charge >= 0.3 is 0 Å². The molecule has 0 bridgehead atoms. The lowest BCUT2D eigenvalue weighted by Gasteiger charge is -2.07. The minimum atomic E-state index is -2.89. The van der Waals surface area contributed by atoms with Crippen molar-refractivity contribution in [3.8, 4) is 0 Å². The van der Waals surface area contributed by atoms with Crippen LogP contribution < -0.4 is 0 Å².